The molecule has 1 aromatic heterocycles. The van der Waals surface area contributed by atoms with Crippen LogP contribution in [0.2, 0.25) is 0 Å². The monoisotopic (exact) mass is 398 g/mol. The predicted molar refractivity (Wildman–Crippen MR) is 93.7 cm³/mol. The number of likely N-dealkylation sites (N-methyl/N-ethyl adjacent to an activating group) is 1. The van der Waals surface area contributed by atoms with E-state index in [-0.39, 0.29) is 6.54 Å². The smallest absolute Gasteiger partial charge is 0.332 e. The van der Waals surface area contributed by atoms with E-state index in [1.54, 1.807) is 6.92 Å². The first-order valence-electron chi connectivity index (χ1n) is 8.15. The van der Waals surface area contributed by atoms with Gasteiger partial charge in [0.25, 0.3) is 5.56 Å². The van der Waals surface area contributed by atoms with Gasteiger partial charge in [-0.15, -0.1) is 0 Å². The van der Waals surface area contributed by atoms with Gasteiger partial charge in [0.15, 0.2) is 0 Å². The molecule has 0 aliphatic carbocycles. The minimum Gasteiger partial charge on any atom is -0.332 e. The molecule has 2 N–H and O–H groups in total. The second-order valence-corrected chi connectivity index (χ2v) is 5.74. The molecule has 0 unspecified atom stereocenters. The molecule has 2 amide bonds. The van der Waals surface area contributed by atoms with Gasteiger partial charge in [-0.3, -0.25) is 23.9 Å². The van der Waals surface area contributed by atoms with Crippen molar-refractivity contribution < 1.29 is 22.8 Å². The molecule has 28 heavy (non-hydrogen) atoms. The average Bonchev–Trinajstić information content (AvgIpc) is 2.61. The van der Waals surface area contributed by atoms with Gasteiger partial charge >= 0.3 is 11.9 Å². The number of amides is 2. The number of H-pyrrole nitrogens is 1. The van der Waals surface area contributed by atoms with E-state index in [0.29, 0.717) is 0 Å². The quantitative estimate of drug-likeness (QED) is 0.759. The first-order chi connectivity index (χ1) is 13.1. The first kappa shape index (κ1) is 20.9. The highest BCUT2D eigenvalue weighted by Gasteiger charge is 2.33. The molecule has 1 aromatic carbocycles. The number of aromatic nitrogens is 2. The third-order valence-electron chi connectivity index (χ3n) is 3.78. The summed E-state index contributed by atoms with van der Waals surface area (Å²) in [5.74, 6) is -1.43. The molecule has 8 nitrogen and oxygen atoms in total. The summed E-state index contributed by atoms with van der Waals surface area (Å²) < 4.78 is 39.9. The van der Waals surface area contributed by atoms with Crippen molar-refractivity contribution in [1.29, 1.82) is 0 Å². The van der Waals surface area contributed by atoms with E-state index < -0.39 is 53.6 Å². The van der Waals surface area contributed by atoms with Crippen molar-refractivity contribution in [3.63, 3.8) is 0 Å². The van der Waals surface area contributed by atoms with Gasteiger partial charge < -0.3 is 10.2 Å². The molecule has 0 aliphatic rings. The van der Waals surface area contributed by atoms with Crippen LogP contribution in [0.5, 0.6) is 0 Å². The third-order valence-corrected chi connectivity index (χ3v) is 3.78. The van der Waals surface area contributed by atoms with Crippen molar-refractivity contribution in [2.45, 2.75) is 19.6 Å². The van der Waals surface area contributed by atoms with Crippen LogP contribution in [0.15, 0.2) is 46.1 Å². The van der Waals surface area contributed by atoms with Crippen molar-refractivity contribution in [2.75, 3.05) is 18.4 Å². The number of nitrogens with one attached hydrogen (secondary N) is 2. The molecule has 11 heteroatoms. The van der Waals surface area contributed by atoms with Gasteiger partial charge in [0.2, 0.25) is 11.8 Å². The summed E-state index contributed by atoms with van der Waals surface area (Å²) in [6.07, 6.45) is -3.51. The Balaban J connectivity index is 2.08. The molecule has 150 valence electrons. The van der Waals surface area contributed by atoms with Crippen molar-refractivity contribution in [3.8, 4) is 0 Å². The zero-order chi connectivity index (χ0) is 20.9. The highest BCUT2D eigenvalue weighted by molar-refractivity contribution is 5.95. The number of aromatic amines is 1. The van der Waals surface area contributed by atoms with Crippen molar-refractivity contribution >= 4 is 17.5 Å². The topological polar surface area (TPSA) is 104 Å². The molecule has 0 radical (unpaired) electrons. The number of hydrogen-bond donors (Lipinski definition) is 2. The summed E-state index contributed by atoms with van der Waals surface area (Å²) in [7, 11) is 0. The number of anilines is 1. The van der Waals surface area contributed by atoms with Crippen LogP contribution in [0.25, 0.3) is 0 Å². The normalized spacial score (nSPS) is 11.1. The zero-order valence-electron chi connectivity index (χ0n) is 14.7. The van der Waals surface area contributed by atoms with Crippen LogP contribution in [0.4, 0.5) is 18.9 Å². The van der Waals surface area contributed by atoms with E-state index in [4.69, 9.17) is 0 Å². The number of nitrogens with zero attached hydrogens (tertiary/aromatic N) is 2. The van der Waals surface area contributed by atoms with E-state index in [0.717, 1.165) is 33.9 Å². The molecule has 0 saturated carbocycles. The Bertz CT molecular complexity index is 981. The van der Waals surface area contributed by atoms with E-state index in [1.807, 2.05) is 4.98 Å². The molecule has 0 fully saturated rings. The van der Waals surface area contributed by atoms with E-state index in [2.05, 4.69) is 5.32 Å². The Morgan fingerprint density at radius 3 is 2.46 bits per heavy atom. The molecule has 2 rings (SSSR count). The lowest BCUT2D eigenvalue weighted by Gasteiger charge is -2.21. The van der Waals surface area contributed by atoms with Gasteiger partial charge in [-0.25, -0.2) is 4.79 Å². The summed E-state index contributed by atoms with van der Waals surface area (Å²) in [5.41, 5.74) is -2.83. The van der Waals surface area contributed by atoms with Crippen molar-refractivity contribution in [2.24, 2.45) is 0 Å². The van der Waals surface area contributed by atoms with Gasteiger partial charge in [0.05, 0.1) is 17.8 Å². The number of benzene rings is 1. The average molecular weight is 398 g/mol. The van der Waals surface area contributed by atoms with Gasteiger partial charge in [-0.1, -0.05) is 12.1 Å². The Labute approximate surface area is 156 Å². The number of halogens is 3. The van der Waals surface area contributed by atoms with Gasteiger partial charge in [0, 0.05) is 18.8 Å². The maximum atomic E-state index is 13.0. The summed E-state index contributed by atoms with van der Waals surface area (Å²) in [5, 5.41) is 2.15. The SMILES string of the molecule is CCN(CC(=O)Nc1ccccc1C(F)(F)F)C(=O)Cn1ccc(=O)[nH]c1=O. The molecule has 1 heterocycles. The minimum absolute atomic E-state index is 0.0886. The van der Waals surface area contributed by atoms with Crippen LogP contribution in [-0.4, -0.2) is 39.4 Å². The number of rotatable bonds is 6. The number of hydrogen-bond acceptors (Lipinski definition) is 4. The van der Waals surface area contributed by atoms with E-state index in [1.165, 1.54) is 12.1 Å². The lowest BCUT2D eigenvalue weighted by molar-refractivity contribution is -0.137. The lowest BCUT2D eigenvalue weighted by Crippen LogP contribution is -2.42. The molecule has 0 bridgehead atoms. The standard InChI is InChI=1S/C17H17F3N4O4/c1-2-23(15(27)10-24-8-7-13(25)22-16(24)28)9-14(26)21-12-6-4-3-5-11(12)17(18,19)20/h3-8H,2,9-10H2,1H3,(H,21,26)(H,22,25,28). The van der Waals surface area contributed by atoms with Crippen LogP contribution in [0, 0.1) is 0 Å². The largest absolute Gasteiger partial charge is 0.418 e. The highest BCUT2D eigenvalue weighted by atomic mass is 19.4. The second-order valence-electron chi connectivity index (χ2n) is 5.74. The van der Waals surface area contributed by atoms with Crippen LogP contribution >= 0.6 is 0 Å². The second kappa shape index (κ2) is 8.55. The zero-order valence-corrected chi connectivity index (χ0v) is 14.7. The van der Waals surface area contributed by atoms with Crippen LogP contribution in [-0.2, 0) is 22.3 Å². The van der Waals surface area contributed by atoms with Gasteiger partial charge in [-0.2, -0.15) is 13.2 Å². The summed E-state index contributed by atoms with van der Waals surface area (Å²) in [6, 6.07) is 5.55. The van der Waals surface area contributed by atoms with Crippen molar-refractivity contribution in [3.05, 3.63) is 62.9 Å². The molecule has 0 saturated heterocycles. The molecule has 2 aromatic rings. The summed E-state index contributed by atoms with van der Waals surface area (Å²) in [4.78, 5) is 50.2. The number of carbonyl (C=O) groups is 2. The minimum atomic E-state index is -4.64. The molecular weight excluding hydrogens is 381 g/mol. The summed E-state index contributed by atoms with van der Waals surface area (Å²) >= 11 is 0. The first-order valence-corrected chi connectivity index (χ1v) is 8.15. The lowest BCUT2D eigenvalue weighted by atomic mass is 10.1. The van der Waals surface area contributed by atoms with Crippen LogP contribution in [0.1, 0.15) is 12.5 Å². The molecule has 0 aliphatic heterocycles. The van der Waals surface area contributed by atoms with Gasteiger partial charge in [0.1, 0.15) is 6.54 Å². The molecule has 0 atom stereocenters. The third kappa shape index (κ3) is 5.32. The highest BCUT2D eigenvalue weighted by Crippen LogP contribution is 2.34. The Morgan fingerprint density at radius 2 is 1.86 bits per heavy atom. The summed E-state index contributed by atoms with van der Waals surface area (Å²) in [6.45, 7) is 0.727. The molecular formula is C17H17F3N4O4. The van der Waals surface area contributed by atoms with Gasteiger partial charge in [-0.05, 0) is 19.1 Å². The number of carbonyl (C=O) groups excluding carboxylic acids is 2. The van der Waals surface area contributed by atoms with Crippen LogP contribution in [0.3, 0.4) is 0 Å². The Morgan fingerprint density at radius 1 is 1.18 bits per heavy atom. The fourth-order valence-corrected chi connectivity index (χ4v) is 2.39. The van der Waals surface area contributed by atoms with E-state index in [9.17, 15) is 32.3 Å². The molecule has 0 spiro atoms. The fourth-order valence-electron chi connectivity index (χ4n) is 2.39. The maximum absolute atomic E-state index is 13.0. The Hall–Kier alpha value is -3.37. The number of para-hydroxylation sites is 1. The predicted octanol–water partition coefficient (Wildman–Crippen LogP) is 1.04. The van der Waals surface area contributed by atoms with E-state index >= 15 is 0 Å². The maximum Gasteiger partial charge on any atom is 0.418 e. The fraction of sp³-hybridized carbons (Fsp3) is 0.294. The van der Waals surface area contributed by atoms with Crippen molar-refractivity contribution in [1.82, 2.24) is 14.5 Å². The van der Waals surface area contributed by atoms with Crippen LogP contribution < -0.4 is 16.6 Å². The number of alkyl halides is 3. The Kier molecular flexibility index (Phi) is 6.39.